The highest BCUT2D eigenvalue weighted by Crippen LogP contribution is 2.43. The number of halogens is 2. The van der Waals surface area contributed by atoms with Gasteiger partial charge >= 0.3 is 5.97 Å². The molecule has 1 saturated carbocycles. The summed E-state index contributed by atoms with van der Waals surface area (Å²) < 4.78 is 32.5. The second-order valence-electron chi connectivity index (χ2n) is 8.12. The minimum Gasteiger partial charge on any atom is -0.477 e. The van der Waals surface area contributed by atoms with Gasteiger partial charge in [0.15, 0.2) is 11.6 Å². The number of rotatable bonds is 4. The zero-order valence-corrected chi connectivity index (χ0v) is 16.5. The summed E-state index contributed by atoms with van der Waals surface area (Å²) in [5.74, 6) is -3.36. The Morgan fingerprint density at radius 2 is 1.97 bits per heavy atom. The van der Waals surface area contributed by atoms with Crippen molar-refractivity contribution in [3.05, 3.63) is 63.7 Å². The van der Waals surface area contributed by atoms with Gasteiger partial charge < -0.3 is 20.3 Å². The van der Waals surface area contributed by atoms with Gasteiger partial charge in [-0.1, -0.05) is 6.07 Å². The van der Waals surface area contributed by atoms with Crippen molar-refractivity contribution in [2.45, 2.75) is 31.2 Å². The average Bonchev–Trinajstić information content (AvgIpc) is 3.49. The third kappa shape index (κ3) is 3.03. The predicted molar refractivity (Wildman–Crippen MR) is 112 cm³/mol. The average molecular weight is 426 g/mol. The first-order chi connectivity index (χ1) is 14.9. The number of benzene rings is 1. The van der Waals surface area contributed by atoms with Crippen molar-refractivity contribution in [3.8, 4) is 0 Å². The molecule has 2 aliphatic rings. The maximum atomic E-state index is 15.8. The van der Waals surface area contributed by atoms with Crippen LogP contribution in [0.4, 0.5) is 20.2 Å². The highest BCUT2D eigenvalue weighted by Gasteiger charge is 2.35. The summed E-state index contributed by atoms with van der Waals surface area (Å²) in [5.41, 5.74) is 4.37. The molecule has 0 spiro atoms. The largest absolute Gasteiger partial charge is 0.477 e. The lowest BCUT2D eigenvalue weighted by Crippen LogP contribution is -2.26. The Morgan fingerprint density at radius 1 is 1.19 bits per heavy atom. The number of nitrogens with two attached hydrogens (primary N) is 1. The van der Waals surface area contributed by atoms with Crippen molar-refractivity contribution in [1.29, 1.82) is 0 Å². The topological polar surface area (TPSA) is 101 Å². The number of hydrogen-bond acceptors (Lipinski definition) is 5. The number of hydrogen-bond donors (Lipinski definition) is 2. The van der Waals surface area contributed by atoms with E-state index in [1.165, 1.54) is 4.57 Å². The molecular weight excluding hydrogens is 406 g/mol. The molecule has 3 aromatic rings. The molecule has 7 nitrogen and oxygen atoms in total. The smallest absolute Gasteiger partial charge is 0.341 e. The van der Waals surface area contributed by atoms with Crippen molar-refractivity contribution < 1.29 is 18.7 Å². The second kappa shape index (κ2) is 7.04. The van der Waals surface area contributed by atoms with E-state index in [4.69, 9.17) is 5.73 Å². The van der Waals surface area contributed by atoms with Crippen LogP contribution in [0, 0.1) is 11.6 Å². The van der Waals surface area contributed by atoms with Gasteiger partial charge in [-0.25, -0.2) is 13.6 Å². The van der Waals surface area contributed by atoms with E-state index >= 15 is 8.78 Å². The molecule has 3 heterocycles. The molecule has 1 aliphatic heterocycles. The molecular formula is C22H20F2N4O3. The van der Waals surface area contributed by atoms with Crippen LogP contribution in [0.5, 0.6) is 0 Å². The van der Waals surface area contributed by atoms with Crippen molar-refractivity contribution in [2.75, 3.05) is 23.7 Å². The van der Waals surface area contributed by atoms with Crippen molar-refractivity contribution in [1.82, 2.24) is 9.55 Å². The molecule has 9 heteroatoms. The van der Waals surface area contributed by atoms with Gasteiger partial charge in [0, 0.05) is 43.1 Å². The molecule has 1 atom stereocenters. The SMILES string of the molecule is Nc1c(F)c(N2CCC(c3ccccn3)C2)c(F)c2c1c(=O)c(C(=O)O)cn2C1CC1. The minimum atomic E-state index is -1.46. The second-order valence-corrected chi connectivity index (χ2v) is 8.12. The van der Waals surface area contributed by atoms with E-state index < -0.39 is 39.7 Å². The highest BCUT2D eigenvalue weighted by molar-refractivity contribution is 5.99. The molecule has 2 fully saturated rings. The number of carboxylic acids is 1. The van der Waals surface area contributed by atoms with E-state index in [1.807, 2.05) is 18.2 Å². The van der Waals surface area contributed by atoms with Gasteiger partial charge in [-0.15, -0.1) is 0 Å². The summed E-state index contributed by atoms with van der Waals surface area (Å²) in [6.45, 7) is 0.761. The Hall–Kier alpha value is -3.49. The Bertz CT molecular complexity index is 1270. The lowest BCUT2D eigenvalue weighted by atomic mass is 10.0. The first-order valence-electron chi connectivity index (χ1n) is 10.1. The lowest BCUT2D eigenvalue weighted by Gasteiger charge is -2.23. The normalized spacial score (nSPS) is 18.6. The van der Waals surface area contributed by atoms with Crippen molar-refractivity contribution >= 4 is 28.2 Å². The van der Waals surface area contributed by atoms with E-state index in [0.717, 1.165) is 11.9 Å². The van der Waals surface area contributed by atoms with Crippen LogP contribution in [0.3, 0.4) is 0 Å². The molecule has 5 rings (SSSR count). The quantitative estimate of drug-likeness (QED) is 0.621. The van der Waals surface area contributed by atoms with Gasteiger partial charge in [-0.3, -0.25) is 9.78 Å². The summed E-state index contributed by atoms with van der Waals surface area (Å²) in [6, 6.07) is 5.41. The maximum Gasteiger partial charge on any atom is 0.341 e. The van der Waals surface area contributed by atoms with Crippen LogP contribution in [-0.4, -0.2) is 33.7 Å². The third-order valence-corrected chi connectivity index (χ3v) is 6.15. The number of pyridine rings is 2. The van der Waals surface area contributed by atoms with Crippen molar-refractivity contribution in [2.24, 2.45) is 0 Å². The van der Waals surface area contributed by atoms with Crippen LogP contribution in [0.15, 0.2) is 35.4 Å². The molecule has 1 saturated heterocycles. The summed E-state index contributed by atoms with van der Waals surface area (Å²) in [5, 5.41) is 8.98. The molecule has 160 valence electrons. The van der Waals surface area contributed by atoms with Gasteiger partial charge in [-0.2, -0.15) is 0 Å². The number of aromatic nitrogens is 2. The highest BCUT2D eigenvalue weighted by atomic mass is 19.1. The fourth-order valence-electron chi connectivity index (χ4n) is 4.45. The maximum absolute atomic E-state index is 15.8. The number of carbonyl (C=O) groups is 1. The molecule has 2 aromatic heterocycles. The Kier molecular flexibility index (Phi) is 4.42. The number of anilines is 2. The number of aromatic carboxylic acids is 1. The molecule has 1 aliphatic carbocycles. The molecule has 31 heavy (non-hydrogen) atoms. The molecule has 1 aromatic carbocycles. The third-order valence-electron chi connectivity index (χ3n) is 6.15. The number of fused-ring (bicyclic) bond motifs is 1. The van der Waals surface area contributed by atoms with Crippen LogP contribution < -0.4 is 16.1 Å². The van der Waals surface area contributed by atoms with Gasteiger partial charge in [0.25, 0.3) is 0 Å². The number of nitrogen functional groups attached to an aromatic ring is 1. The zero-order valence-electron chi connectivity index (χ0n) is 16.5. The molecule has 1 unspecified atom stereocenters. The molecule has 0 bridgehead atoms. The Balaban J connectivity index is 1.69. The van der Waals surface area contributed by atoms with Crippen LogP contribution in [0.1, 0.15) is 47.3 Å². The summed E-state index contributed by atoms with van der Waals surface area (Å²) in [6.07, 6.45) is 4.93. The predicted octanol–water partition coefficient (Wildman–Crippen LogP) is 3.28. The number of nitrogens with zero attached hydrogens (tertiary/aromatic N) is 3. The van der Waals surface area contributed by atoms with E-state index in [0.29, 0.717) is 32.4 Å². The standard InChI is InChI=1S/C22H20F2N4O3/c23-16-18(25)15-19(28(12-4-5-12)10-13(21(15)29)22(30)31)17(24)20(16)27-8-6-11(9-27)14-3-1-2-7-26-14/h1-3,7,10-12H,4-6,8-9,25H2,(H,30,31). The van der Waals surface area contributed by atoms with Crippen LogP contribution >= 0.6 is 0 Å². The first kappa shape index (κ1) is 19.5. The fourth-order valence-corrected chi connectivity index (χ4v) is 4.45. The zero-order chi connectivity index (χ0) is 21.9. The lowest BCUT2D eigenvalue weighted by molar-refractivity contribution is 0.0695. The van der Waals surface area contributed by atoms with Gasteiger partial charge in [0.2, 0.25) is 5.43 Å². The van der Waals surface area contributed by atoms with Crippen LogP contribution in [0.2, 0.25) is 0 Å². The van der Waals surface area contributed by atoms with Crippen LogP contribution in [-0.2, 0) is 0 Å². The molecule has 3 N–H and O–H groups in total. The van der Waals surface area contributed by atoms with Gasteiger partial charge in [0.1, 0.15) is 11.3 Å². The summed E-state index contributed by atoms with van der Waals surface area (Å²) >= 11 is 0. The monoisotopic (exact) mass is 426 g/mol. The molecule has 0 radical (unpaired) electrons. The first-order valence-corrected chi connectivity index (χ1v) is 10.1. The fraction of sp³-hybridized carbons (Fsp3) is 0.318. The Morgan fingerprint density at radius 3 is 2.61 bits per heavy atom. The van der Waals surface area contributed by atoms with Gasteiger partial charge in [-0.05, 0) is 31.4 Å². The van der Waals surface area contributed by atoms with Crippen LogP contribution in [0.25, 0.3) is 10.9 Å². The summed E-state index contributed by atoms with van der Waals surface area (Å²) in [7, 11) is 0. The molecule has 0 amide bonds. The van der Waals surface area contributed by atoms with E-state index in [9.17, 15) is 14.7 Å². The van der Waals surface area contributed by atoms with Gasteiger partial charge in [0.05, 0.1) is 16.6 Å². The number of carboxylic acid groups (broad SMARTS) is 1. The van der Waals surface area contributed by atoms with Crippen molar-refractivity contribution in [3.63, 3.8) is 0 Å². The minimum absolute atomic E-state index is 0.0110. The van der Waals surface area contributed by atoms with E-state index in [2.05, 4.69) is 4.98 Å². The van der Waals surface area contributed by atoms with E-state index in [-0.39, 0.29) is 23.2 Å². The summed E-state index contributed by atoms with van der Waals surface area (Å²) in [4.78, 5) is 30.2. The Labute approximate surface area is 175 Å². The van der Waals surface area contributed by atoms with E-state index in [1.54, 1.807) is 11.1 Å².